The molecule has 2 spiro atoms. The van der Waals surface area contributed by atoms with Gasteiger partial charge in [-0.15, -0.1) is 0 Å². The minimum atomic E-state index is -2.54. The number of aliphatic carboxylic acids is 1. The summed E-state index contributed by atoms with van der Waals surface area (Å²) in [6.07, 6.45) is 0.867. The Labute approximate surface area is 67.6 Å². The average molecular weight is 174 g/mol. The van der Waals surface area contributed by atoms with E-state index in [4.69, 9.17) is 5.11 Å². The number of halogens is 2. The second kappa shape index (κ2) is 1.30. The lowest BCUT2D eigenvalue weighted by Gasteiger charge is -1.92. The molecule has 2 nitrogen and oxygen atoms in total. The van der Waals surface area contributed by atoms with Gasteiger partial charge in [-0.05, 0) is 18.3 Å². The zero-order valence-electron chi connectivity index (χ0n) is 6.31. The predicted molar refractivity (Wildman–Crippen MR) is 34.8 cm³/mol. The quantitative estimate of drug-likeness (QED) is 0.654. The summed E-state index contributed by atoms with van der Waals surface area (Å²) in [5.74, 6) is -3.91. The number of hydrogen-bond acceptors (Lipinski definition) is 1. The zero-order valence-corrected chi connectivity index (χ0v) is 6.31. The lowest BCUT2D eigenvalue weighted by atomic mass is 10.2. The van der Waals surface area contributed by atoms with Gasteiger partial charge in [-0.1, -0.05) is 0 Å². The van der Waals surface area contributed by atoms with Crippen LogP contribution in [-0.2, 0) is 4.79 Å². The highest BCUT2D eigenvalue weighted by Gasteiger charge is 2.97. The fraction of sp³-hybridized carbons (Fsp3) is 0.875. The van der Waals surface area contributed by atoms with Crippen LogP contribution in [0.1, 0.15) is 19.3 Å². The van der Waals surface area contributed by atoms with Crippen molar-refractivity contribution in [1.29, 1.82) is 0 Å². The third kappa shape index (κ3) is 0.441. The highest BCUT2D eigenvalue weighted by Crippen LogP contribution is 2.95. The maximum Gasteiger partial charge on any atom is 0.307 e. The Hall–Kier alpha value is -0.670. The lowest BCUT2D eigenvalue weighted by molar-refractivity contribution is -0.139. The van der Waals surface area contributed by atoms with E-state index >= 15 is 0 Å². The molecule has 0 saturated heterocycles. The van der Waals surface area contributed by atoms with Crippen LogP contribution in [0.4, 0.5) is 8.78 Å². The van der Waals surface area contributed by atoms with Crippen molar-refractivity contribution in [2.24, 2.45) is 16.7 Å². The van der Waals surface area contributed by atoms with Crippen molar-refractivity contribution in [1.82, 2.24) is 0 Å². The van der Waals surface area contributed by atoms with Gasteiger partial charge in [-0.3, -0.25) is 4.79 Å². The first kappa shape index (κ1) is 6.80. The van der Waals surface area contributed by atoms with Crippen molar-refractivity contribution >= 4 is 5.97 Å². The summed E-state index contributed by atoms with van der Waals surface area (Å²) < 4.78 is 25.5. The van der Waals surface area contributed by atoms with Crippen LogP contribution in [0.3, 0.4) is 0 Å². The molecule has 1 N–H and O–H groups in total. The zero-order chi connectivity index (χ0) is 8.78. The van der Waals surface area contributed by atoms with Gasteiger partial charge >= 0.3 is 5.97 Å². The molecule has 0 aliphatic heterocycles. The third-order valence-electron chi connectivity index (χ3n) is 3.92. The first-order valence-electron chi connectivity index (χ1n) is 4.06. The Morgan fingerprint density at radius 2 is 2.00 bits per heavy atom. The van der Waals surface area contributed by atoms with Crippen LogP contribution in [0.2, 0.25) is 0 Å². The van der Waals surface area contributed by atoms with Crippen LogP contribution in [0.5, 0.6) is 0 Å². The molecule has 0 heterocycles. The second-order valence-electron chi connectivity index (χ2n) is 4.39. The summed E-state index contributed by atoms with van der Waals surface area (Å²) >= 11 is 0. The molecule has 3 aliphatic rings. The number of carboxylic acids is 1. The van der Waals surface area contributed by atoms with Crippen molar-refractivity contribution in [3.63, 3.8) is 0 Å². The Bertz CT molecular complexity index is 301. The van der Waals surface area contributed by atoms with Crippen LogP contribution >= 0.6 is 0 Å². The molecule has 4 heteroatoms. The number of fused-ring (bicyclic) bond motifs is 1. The fourth-order valence-corrected chi connectivity index (χ4v) is 2.91. The van der Waals surface area contributed by atoms with E-state index in [9.17, 15) is 13.6 Å². The maximum absolute atomic E-state index is 12.8. The monoisotopic (exact) mass is 174 g/mol. The molecule has 0 unspecified atom stereocenters. The van der Waals surface area contributed by atoms with Crippen molar-refractivity contribution in [3.8, 4) is 0 Å². The Balaban J connectivity index is 1.83. The molecule has 3 rings (SSSR count). The van der Waals surface area contributed by atoms with Gasteiger partial charge in [0.05, 0.1) is 5.92 Å². The van der Waals surface area contributed by atoms with Gasteiger partial charge in [-0.25, -0.2) is 8.78 Å². The van der Waals surface area contributed by atoms with Gasteiger partial charge in [0.15, 0.2) is 0 Å². The number of hydrogen-bond donors (Lipinski definition) is 1. The topological polar surface area (TPSA) is 37.3 Å². The van der Waals surface area contributed by atoms with E-state index in [0.29, 0.717) is 12.8 Å². The molecule has 3 fully saturated rings. The van der Waals surface area contributed by atoms with Crippen LogP contribution < -0.4 is 0 Å². The molecular formula is C8H8F2O2. The van der Waals surface area contributed by atoms with Crippen LogP contribution in [0.15, 0.2) is 0 Å². The second-order valence-corrected chi connectivity index (χ2v) is 4.39. The summed E-state index contributed by atoms with van der Waals surface area (Å²) in [5.41, 5.74) is -1.33. The standard InChI is InChI=1S/C8H8F2O2/c9-8(10)3-7(8)2-6(7)1-4(6)5(11)12/h4H,1-3H2,(H,11,12)/t4-,6-,7+/m0/s1. The Morgan fingerprint density at radius 3 is 2.25 bits per heavy atom. The first-order chi connectivity index (χ1) is 5.45. The summed E-state index contributed by atoms with van der Waals surface area (Å²) in [4.78, 5) is 10.5. The molecule has 12 heavy (non-hydrogen) atoms. The smallest absolute Gasteiger partial charge is 0.307 e. The average Bonchev–Trinajstić information content (AvgIpc) is 2.76. The summed E-state index contributed by atoms with van der Waals surface area (Å²) in [7, 11) is 0. The van der Waals surface area contributed by atoms with Crippen LogP contribution in [0.25, 0.3) is 0 Å². The van der Waals surface area contributed by atoms with Gasteiger partial charge in [0.2, 0.25) is 0 Å². The van der Waals surface area contributed by atoms with E-state index in [1.807, 2.05) is 0 Å². The highest BCUT2D eigenvalue weighted by atomic mass is 19.3. The Kier molecular flexibility index (Phi) is 0.735. The number of carboxylic acid groups (broad SMARTS) is 1. The molecule has 0 amide bonds. The molecular weight excluding hydrogens is 166 g/mol. The van der Waals surface area contributed by atoms with Crippen LogP contribution in [-0.4, -0.2) is 17.0 Å². The number of rotatable bonds is 1. The molecule has 0 aromatic rings. The lowest BCUT2D eigenvalue weighted by Crippen LogP contribution is -2.03. The maximum atomic E-state index is 12.8. The van der Waals surface area contributed by atoms with Crippen molar-refractivity contribution in [3.05, 3.63) is 0 Å². The molecule has 3 atom stereocenters. The summed E-state index contributed by atoms with van der Waals surface area (Å²) in [5, 5.41) is 8.61. The molecule has 0 radical (unpaired) electrons. The summed E-state index contributed by atoms with van der Waals surface area (Å²) in [6, 6.07) is 0. The van der Waals surface area contributed by atoms with E-state index in [2.05, 4.69) is 0 Å². The predicted octanol–water partition coefficient (Wildman–Crippen LogP) is 1.51. The minimum absolute atomic E-state index is 0.0657. The molecule has 0 bridgehead atoms. The van der Waals surface area contributed by atoms with Crippen LogP contribution in [0, 0.1) is 16.7 Å². The molecule has 0 aromatic heterocycles. The SMILES string of the molecule is O=C(O)[C@@H]1C[C@]12C[C@@]21CC1(F)F. The molecule has 3 saturated carbocycles. The Morgan fingerprint density at radius 1 is 1.42 bits per heavy atom. The van der Waals surface area contributed by atoms with Crippen molar-refractivity contribution in [2.45, 2.75) is 25.2 Å². The first-order valence-corrected chi connectivity index (χ1v) is 4.06. The van der Waals surface area contributed by atoms with E-state index in [-0.39, 0.29) is 6.42 Å². The normalized spacial score (nSPS) is 57.3. The minimum Gasteiger partial charge on any atom is -0.481 e. The summed E-state index contributed by atoms with van der Waals surface area (Å²) in [6.45, 7) is 0. The largest absolute Gasteiger partial charge is 0.481 e. The van der Waals surface area contributed by atoms with Gasteiger partial charge < -0.3 is 5.11 Å². The van der Waals surface area contributed by atoms with E-state index < -0.39 is 28.6 Å². The highest BCUT2D eigenvalue weighted by molar-refractivity contribution is 5.77. The number of alkyl halides is 2. The van der Waals surface area contributed by atoms with E-state index in [0.717, 1.165) is 0 Å². The third-order valence-corrected chi connectivity index (χ3v) is 3.92. The fourth-order valence-electron chi connectivity index (χ4n) is 2.91. The van der Waals surface area contributed by atoms with Crippen molar-refractivity contribution < 1.29 is 18.7 Å². The van der Waals surface area contributed by atoms with Gasteiger partial charge in [-0.2, -0.15) is 0 Å². The van der Waals surface area contributed by atoms with Gasteiger partial charge in [0.25, 0.3) is 5.92 Å². The van der Waals surface area contributed by atoms with E-state index in [1.165, 1.54) is 0 Å². The van der Waals surface area contributed by atoms with Crippen molar-refractivity contribution in [2.75, 3.05) is 0 Å². The number of carbonyl (C=O) groups is 1. The van der Waals surface area contributed by atoms with E-state index in [1.54, 1.807) is 0 Å². The molecule has 0 aromatic carbocycles. The van der Waals surface area contributed by atoms with Gasteiger partial charge in [0, 0.05) is 11.8 Å². The molecule has 66 valence electrons. The molecule has 3 aliphatic carbocycles. The van der Waals surface area contributed by atoms with Gasteiger partial charge in [0.1, 0.15) is 0 Å².